The van der Waals surface area contributed by atoms with Crippen molar-refractivity contribution < 1.29 is 9.13 Å². The molecule has 1 aromatic heterocycles. The molecule has 5 heteroatoms. The van der Waals surface area contributed by atoms with Gasteiger partial charge in [0.15, 0.2) is 0 Å². The first-order valence-corrected chi connectivity index (χ1v) is 8.69. The van der Waals surface area contributed by atoms with Gasteiger partial charge in [-0.2, -0.15) is 0 Å². The van der Waals surface area contributed by atoms with Crippen molar-refractivity contribution in [3.05, 3.63) is 78.0 Å². The van der Waals surface area contributed by atoms with Crippen LogP contribution in [0.1, 0.15) is 23.7 Å². The molecule has 0 spiro atoms. The van der Waals surface area contributed by atoms with Gasteiger partial charge in [-0.15, -0.1) is 0 Å². The summed E-state index contributed by atoms with van der Waals surface area (Å²) in [5.74, 6) is 0.428. The van der Waals surface area contributed by atoms with E-state index in [1.807, 2.05) is 0 Å². The van der Waals surface area contributed by atoms with Crippen molar-refractivity contribution in [1.29, 1.82) is 0 Å². The molecule has 4 rings (SSSR count). The fourth-order valence-electron chi connectivity index (χ4n) is 3.33. The fraction of sp³-hybridized carbons (Fsp3) is 0.238. The van der Waals surface area contributed by atoms with Crippen LogP contribution in [-0.2, 0) is 6.54 Å². The number of ether oxygens (including phenoxy) is 1. The van der Waals surface area contributed by atoms with Gasteiger partial charge in [0.2, 0.25) is 0 Å². The number of hydrogen-bond acceptors (Lipinski definition) is 4. The smallest absolute Gasteiger partial charge is 0.125 e. The van der Waals surface area contributed by atoms with Gasteiger partial charge in [0, 0.05) is 37.5 Å². The Morgan fingerprint density at radius 2 is 1.96 bits per heavy atom. The summed E-state index contributed by atoms with van der Waals surface area (Å²) in [4.78, 5) is 10.8. The zero-order valence-corrected chi connectivity index (χ0v) is 14.6. The molecule has 1 atom stereocenters. The minimum Gasteiger partial charge on any atom is -0.486 e. The van der Waals surface area contributed by atoms with E-state index >= 15 is 0 Å². The summed E-state index contributed by atoms with van der Waals surface area (Å²) in [6.07, 6.45) is 5.97. The van der Waals surface area contributed by atoms with Gasteiger partial charge in [-0.05, 0) is 48.5 Å². The summed E-state index contributed by atoms with van der Waals surface area (Å²) < 4.78 is 19.3. The second kappa shape index (κ2) is 7.22. The maximum absolute atomic E-state index is 13.2. The van der Waals surface area contributed by atoms with E-state index in [1.165, 1.54) is 23.3 Å². The summed E-state index contributed by atoms with van der Waals surface area (Å²) in [5, 5.41) is 0. The molecule has 132 valence electrons. The van der Waals surface area contributed by atoms with Crippen molar-refractivity contribution in [2.75, 3.05) is 13.6 Å². The fourth-order valence-corrected chi connectivity index (χ4v) is 3.33. The SMILES string of the molecule is CN1CCC(Oc2ccc(F)cc2)c2ccc(-c3cnccn3)cc2C1. The van der Waals surface area contributed by atoms with Gasteiger partial charge < -0.3 is 9.64 Å². The van der Waals surface area contributed by atoms with Crippen LogP contribution in [0.25, 0.3) is 11.3 Å². The van der Waals surface area contributed by atoms with Crippen LogP contribution in [0.3, 0.4) is 0 Å². The average molecular weight is 349 g/mol. The van der Waals surface area contributed by atoms with Crippen LogP contribution in [0, 0.1) is 5.82 Å². The molecule has 1 unspecified atom stereocenters. The van der Waals surface area contributed by atoms with E-state index in [1.54, 1.807) is 30.7 Å². The Kier molecular flexibility index (Phi) is 4.63. The predicted octanol–water partition coefficient (Wildman–Crippen LogP) is 4.24. The monoisotopic (exact) mass is 349 g/mol. The van der Waals surface area contributed by atoms with Crippen molar-refractivity contribution in [2.24, 2.45) is 0 Å². The molecule has 0 saturated carbocycles. The topological polar surface area (TPSA) is 38.2 Å². The number of benzene rings is 2. The highest BCUT2D eigenvalue weighted by Gasteiger charge is 2.23. The van der Waals surface area contributed by atoms with Crippen LogP contribution >= 0.6 is 0 Å². The minimum atomic E-state index is -0.257. The minimum absolute atomic E-state index is 0.0590. The second-order valence-electron chi connectivity index (χ2n) is 6.59. The lowest BCUT2D eigenvalue weighted by atomic mass is 9.98. The van der Waals surface area contributed by atoms with Crippen molar-refractivity contribution in [1.82, 2.24) is 14.9 Å². The van der Waals surface area contributed by atoms with Crippen LogP contribution in [0.15, 0.2) is 61.1 Å². The molecule has 26 heavy (non-hydrogen) atoms. The molecule has 0 aliphatic carbocycles. The third-order valence-electron chi connectivity index (χ3n) is 4.65. The Morgan fingerprint density at radius 3 is 2.73 bits per heavy atom. The molecule has 1 aliphatic heterocycles. The molecule has 0 bridgehead atoms. The Balaban J connectivity index is 1.67. The maximum atomic E-state index is 13.2. The van der Waals surface area contributed by atoms with E-state index in [4.69, 9.17) is 4.74 Å². The summed E-state index contributed by atoms with van der Waals surface area (Å²) in [6.45, 7) is 1.79. The highest BCUT2D eigenvalue weighted by molar-refractivity contribution is 5.60. The number of rotatable bonds is 3. The quantitative estimate of drug-likeness (QED) is 0.709. The number of aromatic nitrogens is 2. The van der Waals surface area contributed by atoms with Crippen LogP contribution in [0.4, 0.5) is 4.39 Å². The van der Waals surface area contributed by atoms with Gasteiger partial charge in [0.25, 0.3) is 0 Å². The van der Waals surface area contributed by atoms with Crippen molar-refractivity contribution in [2.45, 2.75) is 19.1 Å². The van der Waals surface area contributed by atoms with E-state index in [2.05, 4.69) is 40.1 Å². The van der Waals surface area contributed by atoms with E-state index < -0.39 is 0 Å². The molecule has 0 saturated heterocycles. The van der Waals surface area contributed by atoms with E-state index in [-0.39, 0.29) is 11.9 Å². The van der Waals surface area contributed by atoms with Gasteiger partial charge in [-0.3, -0.25) is 9.97 Å². The standard InChI is InChI=1S/C21H20FN3O/c1-25-11-8-21(26-18-5-3-17(22)4-6-18)19-7-2-15(12-16(19)14-25)20-13-23-9-10-24-20/h2-7,9-10,12-13,21H,8,11,14H2,1H3. The molecule has 0 N–H and O–H groups in total. The maximum Gasteiger partial charge on any atom is 0.125 e. The van der Waals surface area contributed by atoms with Crippen LogP contribution in [-0.4, -0.2) is 28.5 Å². The Hall–Kier alpha value is -2.79. The van der Waals surface area contributed by atoms with Gasteiger partial charge in [0.05, 0.1) is 11.9 Å². The molecule has 0 fully saturated rings. The molecule has 4 nitrogen and oxygen atoms in total. The summed E-state index contributed by atoms with van der Waals surface area (Å²) >= 11 is 0. The Morgan fingerprint density at radius 1 is 1.12 bits per heavy atom. The van der Waals surface area contributed by atoms with E-state index in [9.17, 15) is 4.39 Å². The predicted molar refractivity (Wildman–Crippen MR) is 98.2 cm³/mol. The number of nitrogens with zero attached hydrogens (tertiary/aromatic N) is 3. The Bertz CT molecular complexity index is 884. The molecule has 0 amide bonds. The molecule has 2 aromatic carbocycles. The van der Waals surface area contributed by atoms with Gasteiger partial charge in [0.1, 0.15) is 17.7 Å². The molecular weight excluding hydrogens is 329 g/mol. The molecule has 2 heterocycles. The number of fused-ring (bicyclic) bond motifs is 1. The van der Waals surface area contributed by atoms with Gasteiger partial charge >= 0.3 is 0 Å². The summed E-state index contributed by atoms with van der Waals surface area (Å²) in [6, 6.07) is 12.6. The summed E-state index contributed by atoms with van der Waals surface area (Å²) in [7, 11) is 2.11. The highest BCUT2D eigenvalue weighted by Crippen LogP contribution is 2.33. The lowest BCUT2D eigenvalue weighted by molar-refractivity contribution is 0.182. The highest BCUT2D eigenvalue weighted by atomic mass is 19.1. The lowest BCUT2D eigenvalue weighted by Gasteiger charge is -2.20. The third-order valence-corrected chi connectivity index (χ3v) is 4.65. The zero-order valence-electron chi connectivity index (χ0n) is 14.6. The van der Waals surface area contributed by atoms with E-state index in [0.29, 0.717) is 5.75 Å². The zero-order chi connectivity index (χ0) is 17.9. The first-order valence-electron chi connectivity index (χ1n) is 8.69. The van der Waals surface area contributed by atoms with Crippen LogP contribution in [0.2, 0.25) is 0 Å². The molecule has 0 radical (unpaired) electrons. The van der Waals surface area contributed by atoms with Crippen LogP contribution < -0.4 is 4.74 Å². The molecule has 1 aliphatic rings. The molecular formula is C21H20FN3O. The Labute approximate surface area is 152 Å². The van der Waals surface area contributed by atoms with Crippen molar-refractivity contribution >= 4 is 0 Å². The largest absolute Gasteiger partial charge is 0.486 e. The molecule has 3 aromatic rings. The first kappa shape index (κ1) is 16.7. The van der Waals surface area contributed by atoms with Gasteiger partial charge in [-0.25, -0.2) is 4.39 Å². The summed E-state index contributed by atoms with van der Waals surface area (Å²) in [5.41, 5.74) is 4.30. The van der Waals surface area contributed by atoms with Gasteiger partial charge in [-0.1, -0.05) is 12.1 Å². The first-order chi connectivity index (χ1) is 12.7. The number of hydrogen-bond donors (Lipinski definition) is 0. The average Bonchev–Trinajstić information content (AvgIpc) is 2.82. The normalized spacial score (nSPS) is 17.4. The lowest BCUT2D eigenvalue weighted by Crippen LogP contribution is -2.18. The second-order valence-corrected chi connectivity index (χ2v) is 6.59. The van der Waals surface area contributed by atoms with E-state index in [0.717, 1.165) is 30.8 Å². The van der Waals surface area contributed by atoms with Crippen molar-refractivity contribution in [3.8, 4) is 17.0 Å². The third kappa shape index (κ3) is 3.58. The van der Waals surface area contributed by atoms with Crippen LogP contribution in [0.5, 0.6) is 5.75 Å². The van der Waals surface area contributed by atoms with Crippen molar-refractivity contribution in [3.63, 3.8) is 0 Å². The number of halogens is 1.